The lowest BCUT2D eigenvalue weighted by Crippen LogP contribution is -2.50. The number of carbonyl (C=O) groups excluding carboxylic acids is 1. The highest BCUT2D eigenvalue weighted by atomic mass is 35.5. The molecule has 1 aromatic heterocycles. The Morgan fingerprint density at radius 2 is 2.30 bits per heavy atom. The van der Waals surface area contributed by atoms with E-state index in [9.17, 15) is 4.79 Å². The predicted octanol–water partition coefficient (Wildman–Crippen LogP) is 2.82. The van der Waals surface area contributed by atoms with Crippen molar-refractivity contribution in [2.75, 3.05) is 0 Å². The number of hydrogen-bond donors (Lipinski definition) is 2. The third kappa shape index (κ3) is 2.24. The lowest BCUT2D eigenvalue weighted by Gasteiger charge is -2.28. The zero-order valence-electron chi connectivity index (χ0n) is 10.9. The maximum Gasteiger partial charge on any atom is 0.242 e. The fourth-order valence-electron chi connectivity index (χ4n) is 2.82. The van der Waals surface area contributed by atoms with Crippen LogP contribution >= 0.6 is 22.9 Å². The molecule has 0 radical (unpaired) electrons. The fourth-order valence-corrected chi connectivity index (χ4v) is 3.66. The molecular weight excluding hydrogens is 292 g/mol. The van der Waals surface area contributed by atoms with Gasteiger partial charge in [-0.3, -0.25) is 10.1 Å². The van der Waals surface area contributed by atoms with Gasteiger partial charge in [-0.05, 0) is 47.5 Å². The van der Waals surface area contributed by atoms with Crippen molar-refractivity contribution in [2.45, 2.75) is 24.9 Å². The topological polar surface area (TPSA) is 55.1 Å². The number of rotatable bonds is 4. The third-order valence-corrected chi connectivity index (χ3v) is 4.97. The Labute approximate surface area is 126 Å². The van der Waals surface area contributed by atoms with Crippen LogP contribution in [0.15, 0.2) is 35.7 Å². The summed E-state index contributed by atoms with van der Waals surface area (Å²) in [6, 6.07) is 9.70. The Hall–Kier alpha value is -1.36. The quantitative estimate of drug-likeness (QED) is 0.912. The zero-order chi connectivity index (χ0) is 14.2. The summed E-state index contributed by atoms with van der Waals surface area (Å²) in [6.07, 6.45) is 1.50. The molecule has 3 nitrogen and oxygen atoms in total. The molecule has 0 saturated heterocycles. The predicted molar refractivity (Wildman–Crippen MR) is 81.8 cm³/mol. The molecule has 0 spiro atoms. The van der Waals surface area contributed by atoms with Crippen molar-refractivity contribution in [3.8, 4) is 0 Å². The number of thiophene rings is 1. The minimum Gasteiger partial charge on any atom is -0.368 e. The van der Waals surface area contributed by atoms with Crippen molar-refractivity contribution in [3.05, 3.63) is 56.7 Å². The molecule has 20 heavy (non-hydrogen) atoms. The molecule has 1 aromatic carbocycles. The Balaban J connectivity index is 1.93. The van der Waals surface area contributed by atoms with Crippen LogP contribution in [-0.2, 0) is 23.3 Å². The van der Waals surface area contributed by atoms with Crippen molar-refractivity contribution in [1.82, 2.24) is 5.32 Å². The minimum absolute atomic E-state index is 0.324. The van der Waals surface area contributed by atoms with Gasteiger partial charge >= 0.3 is 0 Å². The van der Waals surface area contributed by atoms with Gasteiger partial charge in [0.05, 0.1) is 0 Å². The van der Waals surface area contributed by atoms with E-state index >= 15 is 0 Å². The van der Waals surface area contributed by atoms with Gasteiger partial charge in [-0.15, -0.1) is 11.3 Å². The first-order valence-electron chi connectivity index (χ1n) is 6.48. The molecule has 2 aromatic rings. The molecule has 3 N–H and O–H groups in total. The standard InChI is InChI=1S/C15H15ClN2OS/c16-11-3-4-13-10(8-11)5-6-15(13,14(17)19)18-9-12-2-1-7-20-12/h1-4,7-8,18H,5-6,9H2,(H2,17,19). The van der Waals surface area contributed by atoms with Crippen molar-refractivity contribution in [2.24, 2.45) is 5.73 Å². The number of benzene rings is 1. The van der Waals surface area contributed by atoms with Crippen LogP contribution in [0.2, 0.25) is 5.02 Å². The average molecular weight is 307 g/mol. The van der Waals surface area contributed by atoms with Crippen molar-refractivity contribution >= 4 is 28.8 Å². The second kappa shape index (κ2) is 5.20. The Bertz CT molecular complexity index is 641. The van der Waals surface area contributed by atoms with Crippen LogP contribution in [0.3, 0.4) is 0 Å². The van der Waals surface area contributed by atoms with Crippen LogP contribution in [0, 0.1) is 0 Å². The summed E-state index contributed by atoms with van der Waals surface area (Å²) in [4.78, 5) is 13.2. The number of halogens is 1. The number of hydrogen-bond acceptors (Lipinski definition) is 3. The maximum atomic E-state index is 12.1. The van der Waals surface area contributed by atoms with Crippen LogP contribution in [0.5, 0.6) is 0 Å². The number of nitrogens with two attached hydrogens (primary N) is 1. The molecule has 0 aliphatic heterocycles. The summed E-state index contributed by atoms with van der Waals surface area (Å²) >= 11 is 7.68. The van der Waals surface area contributed by atoms with Gasteiger partial charge in [0.15, 0.2) is 0 Å². The first kappa shape index (κ1) is 13.6. The number of amides is 1. The Kier molecular flexibility index (Phi) is 3.54. The molecule has 0 saturated carbocycles. The van der Waals surface area contributed by atoms with Crippen LogP contribution in [0.25, 0.3) is 0 Å². The molecule has 1 aliphatic rings. The number of aryl methyl sites for hydroxylation is 1. The summed E-state index contributed by atoms with van der Waals surface area (Å²) < 4.78 is 0. The van der Waals surface area contributed by atoms with E-state index in [1.807, 2.05) is 35.7 Å². The van der Waals surface area contributed by atoms with E-state index in [2.05, 4.69) is 5.32 Å². The maximum absolute atomic E-state index is 12.1. The van der Waals surface area contributed by atoms with Crippen LogP contribution in [0.4, 0.5) is 0 Å². The van der Waals surface area contributed by atoms with Gasteiger partial charge in [0, 0.05) is 16.4 Å². The Morgan fingerprint density at radius 1 is 1.45 bits per heavy atom. The molecule has 104 valence electrons. The molecule has 1 amide bonds. The average Bonchev–Trinajstić information content (AvgIpc) is 3.03. The summed E-state index contributed by atoms with van der Waals surface area (Å²) in [7, 11) is 0. The van der Waals surface area contributed by atoms with E-state index in [1.54, 1.807) is 11.3 Å². The molecule has 1 heterocycles. The minimum atomic E-state index is -0.774. The monoisotopic (exact) mass is 306 g/mol. The second-order valence-corrected chi connectivity index (χ2v) is 6.47. The van der Waals surface area contributed by atoms with Gasteiger partial charge in [-0.1, -0.05) is 23.7 Å². The summed E-state index contributed by atoms with van der Waals surface area (Å²) in [6.45, 7) is 0.642. The number of nitrogens with one attached hydrogen (secondary N) is 1. The molecule has 3 rings (SSSR count). The smallest absolute Gasteiger partial charge is 0.242 e. The summed E-state index contributed by atoms with van der Waals surface area (Å²) in [5.41, 5.74) is 6.99. The molecular formula is C15H15ClN2OS. The van der Waals surface area contributed by atoms with Gasteiger partial charge in [-0.2, -0.15) is 0 Å². The van der Waals surface area contributed by atoms with Crippen LogP contribution in [0.1, 0.15) is 22.4 Å². The third-order valence-electron chi connectivity index (χ3n) is 3.86. The highest BCUT2D eigenvalue weighted by Crippen LogP contribution is 2.38. The van der Waals surface area contributed by atoms with E-state index in [0.29, 0.717) is 18.0 Å². The lowest BCUT2D eigenvalue weighted by atomic mass is 9.91. The highest BCUT2D eigenvalue weighted by Gasteiger charge is 2.43. The van der Waals surface area contributed by atoms with E-state index in [1.165, 1.54) is 4.88 Å². The SMILES string of the molecule is NC(=O)C1(NCc2cccs2)CCc2cc(Cl)ccc21. The molecule has 1 aliphatic carbocycles. The molecule has 5 heteroatoms. The van der Waals surface area contributed by atoms with Crippen LogP contribution < -0.4 is 11.1 Å². The van der Waals surface area contributed by atoms with Crippen molar-refractivity contribution in [1.29, 1.82) is 0 Å². The molecule has 0 bridgehead atoms. The van der Waals surface area contributed by atoms with Gasteiger partial charge in [0.2, 0.25) is 5.91 Å². The summed E-state index contributed by atoms with van der Waals surface area (Å²) in [5, 5.41) is 6.09. The van der Waals surface area contributed by atoms with Gasteiger partial charge < -0.3 is 5.73 Å². The number of fused-ring (bicyclic) bond motifs is 1. The van der Waals surface area contributed by atoms with Gasteiger partial charge in [-0.25, -0.2) is 0 Å². The van der Waals surface area contributed by atoms with Crippen molar-refractivity contribution in [3.63, 3.8) is 0 Å². The Morgan fingerprint density at radius 3 is 3.00 bits per heavy atom. The fraction of sp³-hybridized carbons (Fsp3) is 0.267. The van der Waals surface area contributed by atoms with E-state index < -0.39 is 5.54 Å². The molecule has 1 atom stereocenters. The normalized spacial score (nSPS) is 20.9. The van der Waals surface area contributed by atoms with Gasteiger partial charge in [0.1, 0.15) is 5.54 Å². The number of primary amides is 1. The first-order valence-corrected chi connectivity index (χ1v) is 7.74. The highest BCUT2D eigenvalue weighted by molar-refractivity contribution is 7.09. The van der Waals surface area contributed by atoms with E-state index in [4.69, 9.17) is 17.3 Å². The molecule has 1 unspecified atom stereocenters. The van der Waals surface area contributed by atoms with E-state index in [-0.39, 0.29) is 5.91 Å². The zero-order valence-corrected chi connectivity index (χ0v) is 12.4. The van der Waals surface area contributed by atoms with Crippen molar-refractivity contribution < 1.29 is 4.79 Å². The van der Waals surface area contributed by atoms with Crippen LogP contribution in [-0.4, -0.2) is 5.91 Å². The van der Waals surface area contributed by atoms with Gasteiger partial charge in [0.25, 0.3) is 0 Å². The van der Waals surface area contributed by atoms with E-state index in [0.717, 1.165) is 17.5 Å². The molecule has 0 fully saturated rings. The summed E-state index contributed by atoms with van der Waals surface area (Å²) in [5.74, 6) is -0.324. The number of carbonyl (C=O) groups is 1. The lowest BCUT2D eigenvalue weighted by molar-refractivity contribution is -0.124. The first-order chi connectivity index (χ1) is 9.62. The largest absolute Gasteiger partial charge is 0.368 e. The second-order valence-electron chi connectivity index (χ2n) is 5.00.